The van der Waals surface area contributed by atoms with E-state index >= 15 is 0 Å². The van der Waals surface area contributed by atoms with Crippen molar-refractivity contribution < 1.29 is 9.53 Å². The smallest absolute Gasteiger partial charge is 0.276 e. The van der Waals surface area contributed by atoms with Gasteiger partial charge in [0.1, 0.15) is 12.1 Å². The van der Waals surface area contributed by atoms with Crippen LogP contribution in [0, 0.1) is 0 Å². The fourth-order valence-electron chi connectivity index (χ4n) is 4.85. The third kappa shape index (κ3) is 4.02. The van der Waals surface area contributed by atoms with Gasteiger partial charge in [0.05, 0.1) is 7.11 Å². The maximum absolute atomic E-state index is 12.9. The Morgan fingerprint density at radius 3 is 2.48 bits per heavy atom. The minimum absolute atomic E-state index is 0.0129. The molecule has 2 aromatic heterocycles. The number of carbonyl (C=O) groups is 1. The number of ether oxygens (including phenoxy) is 1. The maximum atomic E-state index is 12.9. The van der Waals surface area contributed by atoms with Gasteiger partial charge in [-0.3, -0.25) is 14.1 Å². The number of piperidine rings is 1. The second-order valence-electron chi connectivity index (χ2n) is 8.55. The van der Waals surface area contributed by atoms with E-state index in [1.807, 2.05) is 27.6 Å². The number of likely N-dealkylation sites (tertiary alicyclic amines) is 2. The SMILES string of the molecule is COc1ccc(CN2CCC(c3ccnc4c(C(=O)N5CCCC5)ncn34)CC2)cc1. The average molecular weight is 420 g/mol. The molecule has 162 valence electrons. The zero-order valence-corrected chi connectivity index (χ0v) is 18.0. The molecule has 0 radical (unpaired) electrons. The van der Waals surface area contributed by atoms with Crippen molar-refractivity contribution >= 4 is 11.6 Å². The lowest BCUT2D eigenvalue weighted by Crippen LogP contribution is -2.33. The van der Waals surface area contributed by atoms with Crippen LogP contribution in [0.15, 0.2) is 42.9 Å². The summed E-state index contributed by atoms with van der Waals surface area (Å²) in [7, 11) is 1.70. The summed E-state index contributed by atoms with van der Waals surface area (Å²) in [6, 6.07) is 10.4. The van der Waals surface area contributed by atoms with Crippen molar-refractivity contribution in [3.63, 3.8) is 0 Å². The van der Waals surface area contributed by atoms with Crippen LogP contribution in [0.5, 0.6) is 5.75 Å². The third-order valence-electron chi connectivity index (χ3n) is 6.63. The second kappa shape index (κ2) is 8.67. The molecule has 7 nitrogen and oxygen atoms in total. The molecule has 0 spiro atoms. The van der Waals surface area contributed by atoms with Crippen LogP contribution in [0.1, 0.15) is 53.3 Å². The van der Waals surface area contributed by atoms with E-state index in [4.69, 9.17) is 4.74 Å². The fourth-order valence-corrected chi connectivity index (χ4v) is 4.85. The lowest BCUT2D eigenvalue weighted by Gasteiger charge is -2.32. The Bertz CT molecular complexity index is 1050. The van der Waals surface area contributed by atoms with Crippen LogP contribution in [0.2, 0.25) is 0 Å². The van der Waals surface area contributed by atoms with Crippen molar-refractivity contribution in [2.45, 2.75) is 38.1 Å². The summed E-state index contributed by atoms with van der Waals surface area (Å²) in [5.41, 5.74) is 3.70. The normalized spacial score (nSPS) is 18.0. The van der Waals surface area contributed by atoms with E-state index < -0.39 is 0 Å². The summed E-state index contributed by atoms with van der Waals surface area (Å²) >= 11 is 0. The number of aromatic nitrogens is 3. The van der Waals surface area contributed by atoms with Gasteiger partial charge in [-0.25, -0.2) is 9.97 Å². The Kier molecular flexibility index (Phi) is 5.59. The lowest BCUT2D eigenvalue weighted by molar-refractivity contribution is 0.0789. The van der Waals surface area contributed by atoms with Gasteiger partial charge >= 0.3 is 0 Å². The van der Waals surface area contributed by atoms with Crippen LogP contribution in [-0.2, 0) is 6.54 Å². The number of rotatable bonds is 5. The molecule has 31 heavy (non-hydrogen) atoms. The van der Waals surface area contributed by atoms with Crippen LogP contribution in [0.3, 0.4) is 0 Å². The predicted octanol–water partition coefficient (Wildman–Crippen LogP) is 3.35. The van der Waals surface area contributed by atoms with Crippen molar-refractivity contribution in [2.24, 2.45) is 0 Å². The summed E-state index contributed by atoms with van der Waals surface area (Å²) in [5, 5.41) is 0. The topological polar surface area (TPSA) is 63.0 Å². The van der Waals surface area contributed by atoms with Gasteiger partial charge in [0.2, 0.25) is 0 Å². The number of imidazole rings is 1. The number of methoxy groups -OCH3 is 1. The van der Waals surface area contributed by atoms with Crippen molar-refractivity contribution in [3.8, 4) is 5.75 Å². The molecule has 0 saturated carbocycles. The van der Waals surface area contributed by atoms with Crippen molar-refractivity contribution in [1.29, 1.82) is 0 Å². The Labute approximate surface area is 182 Å². The van der Waals surface area contributed by atoms with Gasteiger partial charge in [-0.15, -0.1) is 0 Å². The van der Waals surface area contributed by atoms with Gasteiger partial charge in [0, 0.05) is 37.4 Å². The number of carbonyl (C=O) groups excluding carboxylic acids is 1. The molecule has 2 aliphatic rings. The highest BCUT2D eigenvalue weighted by atomic mass is 16.5. The molecule has 4 heterocycles. The molecule has 7 heteroatoms. The number of hydrogen-bond acceptors (Lipinski definition) is 5. The Morgan fingerprint density at radius 1 is 1.03 bits per heavy atom. The van der Waals surface area contributed by atoms with Gasteiger partial charge < -0.3 is 9.64 Å². The van der Waals surface area contributed by atoms with Crippen LogP contribution in [-0.4, -0.2) is 63.4 Å². The summed E-state index contributed by atoms with van der Waals surface area (Å²) < 4.78 is 7.29. The van der Waals surface area contributed by atoms with E-state index in [0.29, 0.717) is 17.3 Å². The second-order valence-corrected chi connectivity index (χ2v) is 8.55. The predicted molar refractivity (Wildman–Crippen MR) is 118 cm³/mol. The van der Waals surface area contributed by atoms with E-state index in [1.54, 1.807) is 13.4 Å². The Morgan fingerprint density at radius 2 is 1.77 bits per heavy atom. The molecular weight excluding hydrogens is 390 g/mol. The number of amides is 1. The highest BCUT2D eigenvalue weighted by Crippen LogP contribution is 2.29. The molecule has 0 N–H and O–H groups in total. The first-order valence-corrected chi connectivity index (χ1v) is 11.2. The number of hydrogen-bond donors (Lipinski definition) is 0. The van der Waals surface area contributed by atoms with Crippen molar-refractivity contribution in [1.82, 2.24) is 24.2 Å². The zero-order chi connectivity index (χ0) is 21.2. The first-order valence-electron chi connectivity index (χ1n) is 11.2. The fraction of sp³-hybridized carbons (Fsp3) is 0.458. The zero-order valence-electron chi connectivity index (χ0n) is 18.0. The van der Waals surface area contributed by atoms with Crippen LogP contribution in [0.4, 0.5) is 0 Å². The first-order chi connectivity index (χ1) is 15.2. The summed E-state index contributed by atoms with van der Waals surface area (Å²) in [4.78, 5) is 26.2. The lowest BCUT2D eigenvalue weighted by atomic mass is 9.93. The number of nitrogens with zero attached hydrogens (tertiary/aromatic N) is 5. The minimum Gasteiger partial charge on any atom is -0.497 e. The molecule has 0 unspecified atom stereocenters. The van der Waals surface area contributed by atoms with E-state index in [1.165, 1.54) is 11.3 Å². The molecule has 5 rings (SSSR count). The summed E-state index contributed by atoms with van der Waals surface area (Å²) in [6.45, 7) is 4.71. The molecule has 0 aliphatic carbocycles. The van der Waals surface area contributed by atoms with E-state index in [9.17, 15) is 4.79 Å². The first kappa shape index (κ1) is 20.0. The minimum atomic E-state index is 0.0129. The van der Waals surface area contributed by atoms with E-state index in [0.717, 1.165) is 64.2 Å². The molecule has 2 saturated heterocycles. The van der Waals surface area contributed by atoms with Gasteiger partial charge in [-0.1, -0.05) is 12.1 Å². The molecule has 2 aliphatic heterocycles. The maximum Gasteiger partial charge on any atom is 0.276 e. The van der Waals surface area contributed by atoms with Gasteiger partial charge in [-0.05, 0) is 62.5 Å². The van der Waals surface area contributed by atoms with Crippen LogP contribution in [0.25, 0.3) is 5.65 Å². The molecule has 1 amide bonds. The van der Waals surface area contributed by atoms with Crippen molar-refractivity contribution in [3.05, 3.63) is 59.8 Å². The molecule has 0 atom stereocenters. The van der Waals surface area contributed by atoms with Crippen LogP contribution >= 0.6 is 0 Å². The standard InChI is InChI=1S/C24H29N5O2/c1-31-20-6-4-18(5-7-20)16-27-14-9-19(10-15-27)21-8-11-25-23-22(26-17-29(21)23)24(30)28-12-2-3-13-28/h4-8,11,17,19H,2-3,9-10,12-16H2,1H3. The average Bonchev–Trinajstić information content (AvgIpc) is 3.50. The van der Waals surface area contributed by atoms with E-state index in [2.05, 4.69) is 33.1 Å². The highest BCUT2D eigenvalue weighted by molar-refractivity contribution is 5.98. The van der Waals surface area contributed by atoms with Gasteiger partial charge in [0.25, 0.3) is 5.91 Å². The van der Waals surface area contributed by atoms with E-state index in [-0.39, 0.29) is 5.91 Å². The molecular formula is C24H29N5O2. The summed E-state index contributed by atoms with van der Waals surface area (Å²) in [5.74, 6) is 1.35. The van der Waals surface area contributed by atoms with Crippen molar-refractivity contribution in [2.75, 3.05) is 33.3 Å². The number of fused-ring (bicyclic) bond motifs is 1. The van der Waals surface area contributed by atoms with Gasteiger partial charge in [0.15, 0.2) is 11.3 Å². The Hall–Kier alpha value is -2.93. The molecule has 1 aromatic carbocycles. The monoisotopic (exact) mass is 419 g/mol. The third-order valence-corrected chi connectivity index (χ3v) is 6.63. The largest absolute Gasteiger partial charge is 0.497 e. The van der Waals surface area contributed by atoms with Crippen LogP contribution < -0.4 is 4.74 Å². The Balaban J connectivity index is 1.27. The summed E-state index contributed by atoms with van der Waals surface area (Å²) in [6.07, 6.45) is 7.93. The molecule has 2 fully saturated rings. The molecule has 3 aromatic rings. The molecule has 0 bridgehead atoms. The quantitative estimate of drug-likeness (QED) is 0.635. The number of benzene rings is 1. The highest BCUT2D eigenvalue weighted by Gasteiger charge is 2.27. The van der Waals surface area contributed by atoms with Gasteiger partial charge in [-0.2, -0.15) is 0 Å².